The van der Waals surface area contributed by atoms with E-state index in [1.165, 1.54) is 21.0 Å². The van der Waals surface area contributed by atoms with E-state index in [1.54, 1.807) is 13.8 Å². The maximum absolute atomic E-state index is 13.8. The number of amides is 2. The predicted molar refractivity (Wildman–Crippen MR) is 143 cm³/mol. The lowest BCUT2D eigenvalue weighted by molar-refractivity contribution is -0.286. The molecule has 1 aliphatic heterocycles. The van der Waals surface area contributed by atoms with Gasteiger partial charge in [0.2, 0.25) is 5.91 Å². The molecule has 1 heterocycles. The van der Waals surface area contributed by atoms with Crippen molar-refractivity contribution in [2.75, 3.05) is 33.9 Å². The number of ether oxygens (including phenoxy) is 5. The standard InChI is InChI=1S/C25H41N2O14P/c1-10-35-42(36-11-2)41-25(24(33)27(8)9)12-19(37-16(5)30)21(26-14(3)28)23(40-25)22(39-18(7)32)20(38-17(6)31)13-34-15(4)29/h19-23H,10-13H2,1-9H3,(H,26,28)/t19-,20+,21+,22+,23+,25+/m0/s1. The lowest BCUT2D eigenvalue weighted by atomic mass is 9.87. The molecule has 0 radical (unpaired) electrons. The Hall–Kier alpha value is -2.91. The fourth-order valence-corrected chi connectivity index (χ4v) is 5.14. The van der Waals surface area contributed by atoms with Crippen LogP contribution in [0.15, 0.2) is 0 Å². The third kappa shape index (κ3) is 11.4. The minimum Gasteiger partial charge on any atom is -0.462 e. The highest BCUT2D eigenvalue weighted by atomic mass is 31.2. The molecule has 0 aromatic heterocycles. The largest absolute Gasteiger partial charge is 0.462 e. The first-order valence-corrected chi connectivity index (χ1v) is 14.2. The second-order valence-corrected chi connectivity index (χ2v) is 10.4. The summed E-state index contributed by atoms with van der Waals surface area (Å²) in [6.45, 7) is 8.55. The van der Waals surface area contributed by atoms with Gasteiger partial charge >= 0.3 is 32.5 Å². The van der Waals surface area contributed by atoms with Gasteiger partial charge in [-0.2, -0.15) is 0 Å². The number of rotatable bonds is 15. The van der Waals surface area contributed by atoms with Gasteiger partial charge in [0.1, 0.15) is 18.8 Å². The van der Waals surface area contributed by atoms with Crippen LogP contribution >= 0.6 is 8.60 Å². The van der Waals surface area contributed by atoms with Crippen LogP contribution in [0.1, 0.15) is 54.9 Å². The van der Waals surface area contributed by atoms with Crippen LogP contribution in [-0.4, -0.2) is 111 Å². The van der Waals surface area contributed by atoms with Crippen LogP contribution < -0.4 is 5.32 Å². The minimum atomic E-state index is -2.29. The molecule has 17 heteroatoms. The van der Waals surface area contributed by atoms with E-state index in [9.17, 15) is 28.8 Å². The van der Waals surface area contributed by atoms with Crippen LogP contribution in [0.2, 0.25) is 0 Å². The van der Waals surface area contributed by atoms with Gasteiger partial charge in [-0.3, -0.25) is 33.3 Å². The number of likely N-dealkylation sites (N-methyl/N-ethyl adjacent to an activating group) is 1. The van der Waals surface area contributed by atoms with E-state index in [0.29, 0.717) is 0 Å². The van der Waals surface area contributed by atoms with Crippen molar-refractivity contribution in [1.82, 2.24) is 10.2 Å². The number of nitrogens with zero attached hydrogens (tertiary/aromatic N) is 1. The van der Waals surface area contributed by atoms with Crippen LogP contribution in [-0.2, 0) is 66.0 Å². The first-order valence-electron chi connectivity index (χ1n) is 13.1. The molecule has 16 nitrogen and oxygen atoms in total. The number of hydrogen-bond acceptors (Lipinski definition) is 14. The topological polar surface area (TPSA) is 192 Å². The van der Waals surface area contributed by atoms with Gasteiger partial charge in [-0.05, 0) is 13.8 Å². The quantitative estimate of drug-likeness (QED) is 0.152. The Balaban J connectivity index is 3.96. The van der Waals surface area contributed by atoms with Crippen LogP contribution in [0.5, 0.6) is 0 Å². The Bertz CT molecular complexity index is 973. The summed E-state index contributed by atoms with van der Waals surface area (Å²) in [6.07, 6.45) is -6.51. The van der Waals surface area contributed by atoms with E-state index in [-0.39, 0.29) is 13.2 Å². The van der Waals surface area contributed by atoms with Crippen molar-refractivity contribution in [1.29, 1.82) is 0 Å². The molecule has 1 fully saturated rings. The molecule has 0 bridgehead atoms. The summed E-state index contributed by atoms with van der Waals surface area (Å²) < 4.78 is 44.9. The number of carbonyl (C=O) groups excluding carboxylic acids is 6. The van der Waals surface area contributed by atoms with Crippen molar-refractivity contribution in [3.63, 3.8) is 0 Å². The van der Waals surface area contributed by atoms with Crippen molar-refractivity contribution in [3.05, 3.63) is 0 Å². The summed E-state index contributed by atoms with van der Waals surface area (Å²) in [6, 6.07) is -1.29. The highest BCUT2D eigenvalue weighted by molar-refractivity contribution is 7.41. The van der Waals surface area contributed by atoms with Gasteiger partial charge in [0, 0.05) is 48.7 Å². The molecular weight excluding hydrogens is 583 g/mol. The molecule has 0 aromatic rings. The first kappa shape index (κ1) is 37.1. The Morgan fingerprint density at radius 1 is 0.905 bits per heavy atom. The summed E-state index contributed by atoms with van der Waals surface area (Å²) in [5, 5.41) is 2.61. The first-order chi connectivity index (χ1) is 19.6. The summed E-state index contributed by atoms with van der Waals surface area (Å²) in [5.41, 5.74) is 0. The van der Waals surface area contributed by atoms with Crippen molar-refractivity contribution >= 4 is 44.3 Å². The number of esters is 4. The molecule has 1 aliphatic rings. The van der Waals surface area contributed by atoms with E-state index in [4.69, 9.17) is 37.3 Å². The third-order valence-corrected chi connectivity index (χ3v) is 6.80. The maximum Gasteiger partial charge on any atom is 0.335 e. The minimum absolute atomic E-state index is 0.135. The summed E-state index contributed by atoms with van der Waals surface area (Å²) >= 11 is 0. The summed E-state index contributed by atoms with van der Waals surface area (Å²) in [4.78, 5) is 75.5. The average molecular weight is 625 g/mol. The van der Waals surface area contributed by atoms with Gasteiger partial charge in [0.05, 0.1) is 25.7 Å². The van der Waals surface area contributed by atoms with E-state index in [1.807, 2.05) is 0 Å². The molecule has 6 atom stereocenters. The lowest BCUT2D eigenvalue weighted by Gasteiger charge is -2.49. The highest BCUT2D eigenvalue weighted by Gasteiger charge is 2.60. The van der Waals surface area contributed by atoms with Crippen LogP contribution in [0.3, 0.4) is 0 Å². The van der Waals surface area contributed by atoms with Gasteiger partial charge in [-0.15, -0.1) is 0 Å². The Morgan fingerprint density at radius 2 is 1.48 bits per heavy atom. The molecule has 1 saturated heterocycles. The molecule has 2 amide bonds. The molecule has 42 heavy (non-hydrogen) atoms. The fraction of sp³-hybridized carbons (Fsp3) is 0.760. The predicted octanol–water partition coefficient (Wildman–Crippen LogP) is 0.739. The second kappa shape index (κ2) is 17.3. The van der Waals surface area contributed by atoms with Gasteiger partial charge in [-0.1, -0.05) is 0 Å². The number of nitrogens with one attached hydrogen (secondary N) is 1. The van der Waals surface area contributed by atoms with Crippen LogP contribution in [0, 0.1) is 0 Å². The van der Waals surface area contributed by atoms with Crippen molar-refractivity contribution in [2.45, 2.75) is 91.1 Å². The SMILES string of the molecule is CCOP(OCC)O[C@@]1(C(=O)N(C)C)C[C@H](OC(C)=O)[C@@H](NC(C)=O)[C@H]([C@H](OC(C)=O)[C@@H](COC(C)=O)OC(C)=O)O1. The zero-order valence-corrected chi connectivity index (χ0v) is 26.2. The van der Waals surface area contributed by atoms with Gasteiger partial charge in [0.25, 0.3) is 11.7 Å². The van der Waals surface area contributed by atoms with Gasteiger partial charge in [0.15, 0.2) is 12.2 Å². The molecule has 1 N–H and O–H groups in total. The zero-order chi connectivity index (χ0) is 32.2. The third-order valence-electron chi connectivity index (χ3n) is 5.42. The molecule has 0 unspecified atom stereocenters. The molecule has 0 aliphatic carbocycles. The summed E-state index contributed by atoms with van der Waals surface area (Å²) in [5.74, 6) is -6.90. The smallest absolute Gasteiger partial charge is 0.335 e. The van der Waals surface area contributed by atoms with Crippen molar-refractivity contribution < 1.29 is 66.0 Å². The lowest BCUT2D eigenvalue weighted by Crippen LogP contribution is -2.70. The average Bonchev–Trinajstić information content (AvgIpc) is 2.85. The molecule has 0 aromatic carbocycles. The van der Waals surface area contributed by atoms with E-state index >= 15 is 0 Å². The maximum atomic E-state index is 13.8. The van der Waals surface area contributed by atoms with E-state index in [2.05, 4.69) is 5.32 Å². The zero-order valence-electron chi connectivity index (χ0n) is 25.3. The molecule has 0 spiro atoms. The Kier molecular flexibility index (Phi) is 15.3. The van der Waals surface area contributed by atoms with Gasteiger partial charge < -0.3 is 42.9 Å². The molecule has 0 saturated carbocycles. The van der Waals surface area contributed by atoms with E-state index < -0.39 is 93.6 Å². The number of hydrogen-bond donors (Lipinski definition) is 1. The van der Waals surface area contributed by atoms with Gasteiger partial charge in [-0.25, -0.2) is 0 Å². The van der Waals surface area contributed by atoms with Crippen molar-refractivity contribution in [3.8, 4) is 0 Å². The van der Waals surface area contributed by atoms with Crippen molar-refractivity contribution in [2.24, 2.45) is 0 Å². The molecule has 240 valence electrons. The monoisotopic (exact) mass is 624 g/mol. The van der Waals surface area contributed by atoms with Crippen LogP contribution in [0.25, 0.3) is 0 Å². The molecular formula is C25H41N2O14P. The molecule has 1 rings (SSSR count). The summed E-state index contributed by atoms with van der Waals surface area (Å²) in [7, 11) is 0.615. The second-order valence-electron chi connectivity index (χ2n) is 9.29. The van der Waals surface area contributed by atoms with Crippen LogP contribution in [0.4, 0.5) is 0 Å². The van der Waals surface area contributed by atoms with E-state index in [0.717, 1.165) is 32.6 Å². The number of carbonyl (C=O) groups is 6. The highest BCUT2D eigenvalue weighted by Crippen LogP contribution is 2.49. The fourth-order valence-electron chi connectivity index (χ4n) is 4.11. The normalized spacial score (nSPS) is 23.2. The Morgan fingerprint density at radius 3 is 1.90 bits per heavy atom. The Labute approximate surface area is 245 Å².